The third-order valence-electron chi connectivity index (χ3n) is 3.22. The van der Waals surface area contributed by atoms with E-state index in [4.69, 9.17) is 9.47 Å². The van der Waals surface area contributed by atoms with Gasteiger partial charge in [-0.2, -0.15) is 9.97 Å². The molecule has 19 heavy (non-hydrogen) atoms. The first-order valence-electron chi connectivity index (χ1n) is 6.59. The Labute approximate surface area is 113 Å². The summed E-state index contributed by atoms with van der Waals surface area (Å²) in [5, 5.41) is 3.47. The van der Waals surface area contributed by atoms with Gasteiger partial charge in [0.05, 0.1) is 14.2 Å². The minimum atomic E-state index is 0.288. The number of hydrogen-bond acceptors (Lipinski definition) is 7. The Morgan fingerprint density at radius 1 is 1.11 bits per heavy atom. The van der Waals surface area contributed by atoms with Crippen LogP contribution in [0.25, 0.3) is 0 Å². The summed E-state index contributed by atoms with van der Waals surface area (Å²) in [4.78, 5) is 14.7. The van der Waals surface area contributed by atoms with Crippen LogP contribution in [0.15, 0.2) is 0 Å². The van der Waals surface area contributed by atoms with Crippen LogP contribution in [0.3, 0.4) is 0 Å². The van der Waals surface area contributed by atoms with Gasteiger partial charge in [0.15, 0.2) is 0 Å². The highest BCUT2D eigenvalue weighted by Crippen LogP contribution is 2.20. The van der Waals surface area contributed by atoms with Crippen molar-refractivity contribution >= 4 is 5.95 Å². The summed E-state index contributed by atoms with van der Waals surface area (Å²) in [6, 6.07) is 1.16. The lowest BCUT2D eigenvalue weighted by Gasteiger charge is -2.32. The molecule has 0 aliphatic carbocycles. The predicted molar refractivity (Wildman–Crippen MR) is 71.8 cm³/mol. The van der Waals surface area contributed by atoms with E-state index in [1.165, 1.54) is 14.2 Å². The minimum absolute atomic E-state index is 0.288. The predicted octanol–water partition coefficient (Wildman–Crippen LogP) is 0.467. The maximum atomic E-state index is 5.07. The third kappa shape index (κ3) is 3.44. The lowest BCUT2D eigenvalue weighted by atomic mass is 10.1. The summed E-state index contributed by atoms with van der Waals surface area (Å²) in [5.74, 6) is 0.624. The van der Waals surface area contributed by atoms with Crippen molar-refractivity contribution in [2.24, 2.45) is 0 Å². The van der Waals surface area contributed by atoms with Crippen LogP contribution < -0.4 is 19.7 Å². The molecule has 2 heterocycles. The summed E-state index contributed by atoms with van der Waals surface area (Å²) < 4.78 is 10.1. The van der Waals surface area contributed by atoms with Gasteiger partial charge >= 0.3 is 12.0 Å². The molecule has 0 radical (unpaired) electrons. The zero-order chi connectivity index (χ0) is 13.7. The molecule has 1 aromatic heterocycles. The number of hydrogen-bond donors (Lipinski definition) is 1. The standard InChI is InChI=1S/C12H21N5O2/c1-4-13-9-5-7-17(8-6-9)10-14-11(18-2)16-12(15-10)19-3/h9,13H,4-8H2,1-3H3. The Morgan fingerprint density at radius 3 is 2.16 bits per heavy atom. The van der Waals surface area contributed by atoms with Crippen LogP contribution in [0, 0.1) is 0 Å². The highest BCUT2D eigenvalue weighted by atomic mass is 16.5. The summed E-state index contributed by atoms with van der Waals surface area (Å²) in [6.45, 7) is 4.99. The van der Waals surface area contributed by atoms with Gasteiger partial charge in [0.1, 0.15) is 0 Å². The Kier molecular flexibility index (Phi) is 4.73. The summed E-state index contributed by atoms with van der Waals surface area (Å²) >= 11 is 0. The van der Waals surface area contributed by atoms with E-state index in [1.54, 1.807) is 0 Å². The smallest absolute Gasteiger partial charge is 0.324 e. The first-order chi connectivity index (χ1) is 9.26. The quantitative estimate of drug-likeness (QED) is 0.831. The van der Waals surface area contributed by atoms with E-state index in [2.05, 4.69) is 32.1 Å². The van der Waals surface area contributed by atoms with Crippen LogP contribution in [0.2, 0.25) is 0 Å². The average molecular weight is 267 g/mol. The van der Waals surface area contributed by atoms with Gasteiger partial charge in [0.25, 0.3) is 0 Å². The lowest BCUT2D eigenvalue weighted by molar-refractivity contribution is 0.338. The maximum absolute atomic E-state index is 5.07. The van der Waals surface area contributed by atoms with Crippen LogP contribution in [-0.2, 0) is 0 Å². The molecule has 0 spiro atoms. The Bertz CT molecular complexity index is 385. The number of methoxy groups -OCH3 is 2. The van der Waals surface area contributed by atoms with Crippen molar-refractivity contribution in [2.75, 3.05) is 38.8 Å². The molecule has 0 bridgehead atoms. The van der Waals surface area contributed by atoms with Crippen LogP contribution in [0.4, 0.5) is 5.95 Å². The van der Waals surface area contributed by atoms with Crippen LogP contribution in [0.5, 0.6) is 12.0 Å². The zero-order valence-electron chi connectivity index (χ0n) is 11.7. The normalized spacial score (nSPS) is 16.5. The Balaban J connectivity index is 2.06. The fourth-order valence-electron chi connectivity index (χ4n) is 2.22. The minimum Gasteiger partial charge on any atom is -0.467 e. The van der Waals surface area contributed by atoms with Crippen molar-refractivity contribution in [3.63, 3.8) is 0 Å². The van der Waals surface area contributed by atoms with Gasteiger partial charge in [-0.15, -0.1) is 4.98 Å². The number of rotatable bonds is 5. The van der Waals surface area contributed by atoms with Gasteiger partial charge in [-0.25, -0.2) is 0 Å². The first kappa shape index (κ1) is 13.8. The number of aromatic nitrogens is 3. The van der Waals surface area contributed by atoms with Gasteiger partial charge < -0.3 is 19.7 Å². The van der Waals surface area contributed by atoms with E-state index in [9.17, 15) is 0 Å². The van der Waals surface area contributed by atoms with Crippen molar-refractivity contribution in [3.05, 3.63) is 0 Å². The molecule has 1 fully saturated rings. The molecule has 1 N–H and O–H groups in total. The van der Waals surface area contributed by atoms with Gasteiger partial charge in [-0.3, -0.25) is 0 Å². The van der Waals surface area contributed by atoms with Gasteiger partial charge in [-0.1, -0.05) is 6.92 Å². The van der Waals surface area contributed by atoms with E-state index in [0.29, 0.717) is 12.0 Å². The summed E-state index contributed by atoms with van der Waals surface area (Å²) in [6.07, 6.45) is 2.17. The van der Waals surface area contributed by atoms with Gasteiger partial charge in [-0.05, 0) is 19.4 Å². The molecule has 0 aromatic carbocycles. The van der Waals surface area contributed by atoms with E-state index in [0.717, 1.165) is 32.5 Å². The average Bonchev–Trinajstić information content (AvgIpc) is 2.47. The largest absolute Gasteiger partial charge is 0.467 e. The first-order valence-corrected chi connectivity index (χ1v) is 6.59. The number of nitrogens with one attached hydrogen (secondary N) is 1. The molecule has 0 saturated carbocycles. The molecular formula is C12H21N5O2. The molecule has 1 saturated heterocycles. The topological polar surface area (TPSA) is 72.4 Å². The van der Waals surface area contributed by atoms with E-state index < -0.39 is 0 Å². The van der Waals surface area contributed by atoms with Crippen LogP contribution in [-0.4, -0.2) is 54.8 Å². The van der Waals surface area contributed by atoms with Crippen LogP contribution >= 0.6 is 0 Å². The molecule has 7 nitrogen and oxygen atoms in total. The Hall–Kier alpha value is -1.63. The van der Waals surface area contributed by atoms with Crippen molar-refractivity contribution in [3.8, 4) is 12.0 Å². The molecule has 106 valence electrons. The van der Waals surface area contributed by atoms with Gasteiger partial charge in [0, 0.05) is 19.1 Å². The lowest BCUT2D eigenvalue weighted by Crippen LogP contribution is -2.43. The van der Waals surface area contributed by atoms with Crippen molar-refractivity contribution in [2.45, 2.75) is 25.8 Å². The highest BCUT2D eigenvalue weighted by Gasteiger charge is 2.21. The molecule has 0 atom stereocenters. The molecule has 7 heteroatoms. The summed E-state index contributed by atoms with van der Waals surface area (Å²) in [7, 11) is 3.08. The van der Waals surface area contributed by atoms with Crippen LogP contribution in [0.1, 0.15) is 19.8 Å². The zero-order valence-corrected chi connectivity index (χ0v) is 11.7. The van der Waals surface area contributed by atoms with Gasteiger partial charge in [0.2, 0.25) is 5.95 Å². The molecule has 0 unspecified atom stereocenters. The number of piperidine rings is 1. The molecule has 1 aliphatic heterocycles. The van der Waals surface area contributed by atoms with E-state index in [1.807, 2.05) is 0 Å². The fraction of sp³-hybridized carbons (Fsp3) is 0.750. The molecule has 2 rings (SSSR count). The maximum Gasteiger partial charge on any atom is 0.324 e. The van der Waals surface area contributed by atoms with E-state index >= 15 is 0 Å². The third-order valence-corrected chi connectivity index (χ3v) is 3.22. The number of nitrogens with zero attached hydrogens (tertiary/aromatic N) is 4. The molecule has 1 aliphatic rings. The molecular weight excluding hydrogens is 246 g/mol. The van der Waals surface area contributed by atoms with E-state index in [-0.39, 0.29) is 12.0 Å². The van der Waals surface area contributed by atoms with Crippen molar-refractivity contribution in [1.29, 1.82) is 0 Å². The van der Waals surface area contributed by atoms with Crippen molar-refractivity contribution in [1.82, 2.24) is 20.3 Å². The molecule has 1 aromatic rings. The monoisotopic (exact) mass is 267 g/mol. The Morgan fingerprint density at radius 2 is 1.68 bits per heavy atom. The number of ether oxygens (including phenoxy) is 2. The SMILES string of the molecule is CCNC1CCN(c2nc(OC)nc(OC)n2)CC1. The number of anilines is 1. The molecule has 0 amide bonds. The fourth-order valence-corrected chi connectivity index (χ4v) is 2.22. The highest BCUT2D eigenvalue weighted by molar-refractivity contribution is 5.32. The second-order valence-corrected chi connectivity index (χ2v) is 4.43. The summed E-state index contributed by atoms with van der Waals surface area (Å²) in [5.41, 5.74) is 0. The van der Waals surface area contributed by atoms with Crippen molar-refractivity contribution < 1.29 is 9.47 Å². The second kappa shape index (κ2) is 6.51. The second-order valence-electron chi connectivity index (χ2n) is 4.43.